The van der Waals surface area contributed by atoms with Crippen LogP contribution in [0.4, 0.5) is 17.5 Å². The second-order valence-corrected chi connectivity index (χ2v) is 7.64. The fourth-order valence-electron chi connectivity index (χ4n) is 3.48. The second kappa shape index (κ2) is 8.56. The molecule has 3 aromatic rings. The van der Waals surface area contributed by atoms with E-state index in [2.05, 4.69) is 30.2 Å². The summed E-state index contributed by atoms with van der Waals surface area (Å²) in [5, 5.41) is 3.85. The third-order valence-corrected chi connectivity index (χ3v) is 5.11. The van der Waals surface area contributed by atoms with E-state index < -0.39 is 0 Å². The summed E-state index contributed by atoms with van der Waals surface area (Å²) < 4.78 is 0. The zero-order chi connectivity index (χ0) is 22.0. The Hall–Kier alpha value is -3.73. The molecule has 0 spiro atoms. The second-order valence-electron chi connectivity index (χ2n) is 7.64. The van der Waals surface area contributed by atoms with Gasteiger partial charge in [-0.15, -0.1) is 0 Å². The largest absolute Gasteiger partial charge is 0.369 e. The van der Waals surface area contributed by atoms with Crippen molar-refractivity contribution in [1.82, 2.24) is 29.7 Å². The van der Waals surface area contributed by atoms with Gasteiger partial charge in [0.15, 0.2) is 0 Å². The van der Waals surface area contributed by atoms with Gasteiger partial charge in [-0.3, -0.25) is 14.5 Å². The van der Waals surface area contributed by atoms with Crippen LogP contribution in [-0.4, -0.2) is 88.4 Å². The minimum atomic E-state index is -0.300. The average molecular weight is 423 g/mol. The Morgan fingerprint density at radius 1 is 1.16 bits per heavy atom. The van der Waals surface area contributed by atoms with Crippen molar-refractivity contribution in [3.8, 4) is 0 Å². The summed E-state index contributed by atoms with van der Waals surface area (Å²) in [5.41, 5.74) is 7.32. The number of carbonyl (C=O) groups excluding carboxylic acids is 2. The van der Waals surface area contributed by atoms with Crippen LogP contribution in [0.15, 0.2) is 30.6 Å². The van der Waals surface area contributed by atoms with E-state index in [1.54, 1.807) is 32.6 Å². The Labute approximate surface area is 179 Å². The summed E-state index contributed by atoms with van der Waals surface area (Å²) in [6.45, 7) is 3.48. The number of pyridine rings is 1. The molecular formula is C20H25N9O2. The van der Waals surface area contributed by atoms with Crippen LogP contribution in [0.5, 0.6) is 0 Å². The number of nitrogens with one attached hydrogen (secondary N) is 2. The Bertz CT molecular complexity index is 1090. The molecule has 4 N–H and O–H groups in total. The molecule has 11 nitrogen and oxygen atoms in total. The molecule has 0 radical (unpaired) electrons. The normalized spacial score (nSPS) is 14.6. The van der Waals surface area contributed by atoms with Gasteiger partial charge >= 0.3 is 0 Å². The first-order valence-electron chi connectivity index (χ1n) is 9.95. The molecule has 1 aliphatic rings. The van der Waals surface area contributed by atoms with E-state index >= 15 is 0 Å². The van der Waals surface area contributed by atoms with Crippen LogP contribution in [0.3, 0.4) is 0 Å². The highest BCUT2D eigenvalue weighted by Crippen LogP contribution is 2.20. The van der Waals surface area contributed by atoms with E-state index in [9.17, 15) is 9.59 Å². The van der Waals surface area contributed by atoms with E-state index in [1.165, 1.54) is 4.90 Å². The van der Waals surface area contributed by atoms with Gasteiger partial charge in [-0.05, 0) is 18.2 Å². The number of carbonyl (C=O) groups is 2. The lowest BCUT2D eigenvalue weighted by Crippen LogP contribution is -2.48. The number of aromatic nitrogens is 4. The van der Waals surface area contributed by atoms with Crippen molar-refractivity contribution in [3.63, 3.8) is 0 Å². The molecule has 31 heavy (non-hydrogen) atoms. The van der Waals surface area contributed by atoms with E-state index in [1.807, 2.05) is 17.0 Å². The molecule has 1 fully saturated rings. The van der Waals surface area contributed by atoms with E-state index in [0.717, 1.165) is 37.3 Å². The zero-order valence-corrected chi connectivity index (χ0v) is 17.5. The van der Waals surface area contributed by atoms with Crippen LogP contribution in [0, 0.1) is 0 Å². The predicted octanol–water partition coefficient (Wildman–Crippen LogP) is 0.406. The Morgan fingerprint density at radius 3 is 2.58 bits per heavy atom. The van der Waals surface area contributed by atoms with Crippen LogP contribution >= 0.6 is 0 Å². The molecule has 0 saturated carbocycles. The summed E-state index contributed by atoms with van der Waals surface area (Å²) in [7, 11) is 3.39. The monoisotopic (exact) mass is 423 g/mol. The highest BCUT2D eigenvalue weighted by molar-refractivity contribution is 5.97. The fourth-order valence-corrected chi connectivity index (χ4v) is 3.48. The third-order valence-electron chi connectivity index (χ3n) is 5.11. The number of piperazine rings is 1. The van der Waals surface area contributed by atoms with Crippen molar-refractivity contribution in [2.75, 3.05) is 57.0 Å². The molecule has 11 heteroatoms. The van der Waals surface area contributed by atoms with Gasteiger partial charge in [0.25, 0.3) is 5.91 Å². The number of hydrogen-bond acceptors (Lipinski definition) is 8. The maximum absolute atomic E-state index is 12.1. The number of anilines is 3. The van der Waals surface area contributed by atoms with Crippen molar-refractivity contribution in [3.05, 3.63) is 36.3 Å². The smallest absolute Gasteiger partial charge is 0.269 e. The number of fused-ring (bicyclic) bond motifs is 1. The SMILES string of the molecule is CN(C)C(=O)c1cc2cnc(Nc3ccc(N4CCN(CC(N)=O)CC4)cn3)nc2[nH]1. The molecular weight excluding hydrogens is 398 g/mol. The molecule has 162 valence electrons. The van der Waals surface area contributed by atoms with Crippen LogP contribution in [-0.2, 0) is 4.79 Å². The third kappa shape index (κ3) is 4.72. The highest BCUT2D eigenvalue weighted by Gasteiger charge is 2.18. The number of H-pyrrole nitrogens is 1. The zero-order valence-electron chi connectivity index (χ0n) is 17.5. The van der Waals surface area contributed by atoms with Gasteiger partial charge in [0, 0.05) is 51.9 Å². The minimum absolute atomic E-state index is 0.125. The van der Waals surface area contributed by atoms with Gasteiger partial charge in [-0.2, -0.15) is 4.98 Å². The van der Waals surface area contributed by atoms with Crippen molar-refractivity contribution in [2.24, 2.45) is 5.73 Å². The summed E-state index contributed by atoms with van der Waals surface area (Å²) in [4.78, 5) is 45.2. The fraction of sp³-hybridized carbons (Fsp3) is 0.350. The number of primary amides is 1. The number of amides is 2. The molecule has 0 atom stereocenters. The molecule has 0 bridgehead atoms. The van der Waals surface area contributed by atoms with Crippen LogP contribution < -0.4 is 16.0 Å². The number of aromatic amines is 1. The van der Waals surface area contributed by atoms with Crippen LogP contribution in [0.25, 0.3) is 11.0 Å². The standard InChI is InChI=1S/C20H25N9O2/c1-27(2)19(31)15-9-13-10-23-20(26-18(13)24-15)25-17-4-3-14(11-22-17)29-7-5-28(6-8-29)12-16(21)30/h3-4,9-11H,5-8,12H2,1-2H3,(H2,21,30)(H2,22,23,24,25,26). The van der Waals surface area contributed by atoms with Gasteiger partial charge in [0.2, 0.25) is 11.9 Å². The van der Waals surface area contributed by atoms with Gasteiger partial charge in [0.05, 0.1) is 18.4 Å². The number of hydrogen-bond donors (Lipinski definition) is 3. The summed E-state index contributed by atoms with van der Waals surface area (Å²) >= 11 is 0. The minimum Gasteiger partial charge on any atom is -0.369 e. The quantitative estimate of drug-likeness (QED) is 0.518. The molecule has 3 aromatic heterocycles. The Morgan fingerprint density at radius 2 is 1.94 bits per heavy atom. The van der Waals surface area contributed by atoms with Gasteiger partial charge in [-0.25, -0.2) is 9.97 Å². The van der Waals surface area contributed by atoms with E-state index in [0.29, 0.717) is 29.7 Å². The first-order valence-corrected chi connectivity index (χ1v) is 9.95. The number of rotatable bonds is 6. The molecule has 0 aromatic carbocycles. The summed E-state index contributed by atoms with van der Waals surface area (Å²) in [5.74, 6) is 0.580. The van der Waals surface area contributed by atoms with Crippen molar-refractivity contribution in [2.45, 2.75) is 0 Å². The Kier molecular flexibility index (Phi) is 5.67. The highest BCUT2D eigenvalue weighted by atomic mass is 16.2. The molecule has 4 heterocycles. The molecule has 0 unspecified atom stereocenters. The predicted molar refractivity (Wildman–Crippen MR) is 117 cm³/mol. The lowest BCUT2D eigenvalue weighted by molar-refractivity contribution is -0.119. The maximum atomic E-state index is 12.1. The first-order chi connectivity index (χ1) is 14.9. The van der Waals surface area contributed by atoms with Crippen molar-refractivity contribution < 1.29 is 9.59 Å². The lowest BCUT2D eigenvalue weighted by Gasteiger charge is -2.35. The summed E-state index contributed by atoms with van der Waals surface area (Å²) in [6, 6.07) is 5.59. The molecule has 1 saturated heterocycles. The maximum Gasteiger partial charge on any atom is 0.269 e. The van der Waals surface area contributed by atoms with E-state index in [-0.39, 0.29) is 11.8 Å². The van der Waals surface area contributed by atoms with Crippen LogP contribution in [0.2, 0.25) is 0 Å². The topological polar surface area (TPSA) is 136 Å². The molecule has 4 rings (SSSR count). The molecule has 0 aliphatic carbocycles. The average Bonchev–Trinajstić information content (AvgIpc) is 3.17. The number of nitrogens with zero attached hydrogens (tertiary/aromatic N) is 6. The van der Waals surface area contributed by atoms with Gasteiger partial charge in [-0.1, -0.05) is 0 Å². The molecule has 2 amide bonds. The van der Waals surface area contributed by atoms with Crippen molar-refractivity contribution in [1.29, 1.82) is 0 Å². The van der Waals surface area contributed by atoms with E-state index in [4.69, 9.17) is 5.73 Å². The molecule has 1 aliphatic heterocycles. The summed E-state index contributed by atoms with van der Waals surface area (Å²) in [6.07, 6.45) is 3.46. The van der Waals surface area contributed by atoms with Gasteiger partial charge < -0.3 is 25.8 Å². The van der Waals surface area contributed by atoms with Crippen LogP contribution in [0.1, 0.15) is 10.5 Å². The first kappa shape index (κ1) is 20.5. The van der Waals surface area contributed by atoms with Crippen molar-refractivity contribution >= 4 is 40.3 Å². The Balaban J connectivity index is 1.40. The lowest BCUT2D eigenvalue weighted by atomic mass is 10.2. The van der Waals surface area contributed by atoms with Gasteiger partial charge in [0.1, 0.15) is 17.2 Å². The number of nitrogens with two attached hydrogens (primary N) is 1.